The number of nitrogens with zero attached hydrogens (tertiary/aromatic N) is 2. The van der Waals surface area contributed by atoms with Crippen molar-refractivity contribution in [1.29, 1.82) is 0 Å². The molecular weight excluding hydrogens is 345 g/mol. The van der Waals surface area contributed by atoms with Gasteiger partial charge in [-0.25, -0.2) is 4.39 Å². The third-order valence-corrected chi connectivity index (χ3v) is 4.97. The van der Waals surface area contributed by atoms with Gasteiger partial charge in [-0.3, -0.25) is 14.6 Å². The fourth-order valence-electron chi connectivity index (χ4n) is 3.42. The van der Waals surface area contributed by atoms with Crippen LogP contribution in [0.2, 0.25) is 0 Å². The van der Waals surface area contributed by atoms with Crippen molar-refractivity contribution in [2.75, 3.05) is 6.54 Å². The van der Waals surface area contributed by atoms with Gasteiger partial charge < -0.3 is 10.2 Å². The van der Waals surface area contributed by atoms with Crippen LogP contribution in [0.5, 0.6) is 0 Å². The molecule has 0 spiro atoms. The van der Waals surface area contributed by atoms with Gasteiger partial charge in [0.1, 0.15) is 11.5 Å². The third-order valence-electron chi connectivity index (χ3n) is 4.97. The Labute approximate surface area is 158 Å². The zero-order valence-corrected chi connectivity index (χ0v) is 15.5. The van der Waals surface area contributed by atoms with Crippen LogP contribution in [0.1, 0.15) is 59.0 Å². The maximum atomic E-state index is 12.9. The van der Waals surface area contributed by atoms with E-state index < -0.39 is 0 Å². The molecule has 1 fully saturated rings. The first kappa shape index (κ1) is 19.0. The van der Waals surface area contributed by atoms with Crippen LogP contribution in [-0.4, -0.2) is 34.3 Å². The molecule has 0 saturated carbocycles. The summed E-state index contributed by atoms with van der Waals surface area (Å²) in [5, 5.41) is 2.75. The van der Waals surface area contributed by atoms with Crippen LogP contribution in [0.25, 0.3) is 0 Å². The number of nitrogens with one attached hydrogen (secondary N) is 1. The molecule has 0 bridgehead atoms. The number of aromatic nitrogens is 1. The summed E-state index contributed by atoms with van der Waals surface area (Å²) in [4.78, 5) is 31.3. The summed E-state index contributed by atoms with van der Waals surface area (Å²) in [6.07, 6.45) is 5.61. The second-order valence-corrected chi connectivity index (χ2v) is 6.80. The molecular formula is C21H24FN3O2. The van der Waals surface area contributed by atoms with E-state index in [4.69, 9.17) is 0 Å². The molecule has 6 heteroatoms. The number of carbonyl (C=O) groups is 2. The summed E-state index contributed by atoms with van der Waals surface area (Å²) < 4.78 is 12.9. The van der Waals surface area contributed by atoms with Crippen LogP contribution in [0.15, 0.2) is 42.6 Å². The topological polar surface area (TPSA) is 62.3 Å². The van der Waals surface area contributed by atoms with Crippen molar-refractivity contribution in [3.8, 4) is 0 Å². The lowest BCUT2D eigenvalue weighted by atomic mass is 9.99. The molecule has 0 radical (unpaired) electrons. The van der Waals surface area contributed by atoms with Crippen LogP contribution in [-0.2, 0) is 6.54 Å². The van der Waals surface area contributed by atoms with Crippen LogP contribution in [0.3, 0.4) is 0 Å². The standard InChI is InChI=1S/C21H24FN3O2/c1-2-18-5-3-4-12-25(18)21(27)16-10-11-23-19(13-16)20(26)24-14-15-6-8-17(22)9-7-15/h6-11,13,18H,2-5,12,14H2,1H3,(H,24,26). The van der Waals surface area contributed by atoms with Gasteiger partial charge in [-0.15, -0.1) is 0 Å². The average Bonchev–Trinajstić information content (AvgIpc) is 2.72. The summed E-state index contributed by atoms with van der Waals surface area (Å²) in [6, 6.07) is 9.39. The third kappa shape index (κ3) is 4.70. The van der Waals surface area contributed by atoms with Gasteiger partial charge in [0.2, 0.25) is 0 Å². The minimum Gasteiger partial charge on any atom is -0.347 e. The monoisotopic (exact) mass is 369 g/mol. The van der Waals surface area contributed by atoms with Crippen molar-refractivity contribution in [1.82, 2.24) is 15.2 Å². The van der Waals surface area contributed by atoms with Crippen LogP contribution >= 0.6 is 0 Å². The Morgan fingerprint density at radius 3 is 2.74 bits per heavy atom. The number of hydrogen-bond acceptors (Lipinski definition) is 3. The van der Waals surface area contributed by atoms with Crippen LogP contribution in [0, 0.1) is 5.82 Å². The quantitative estimate of drug-likeness (QED) is 0.877. The number of likely N-dealkylation sites (tertiary alicyclic amines) is 1. The molecule has 27 heavy (non-hydrogen) atoms. The SMILES string of the molecule is CCC1CCCCN1C(=O)c1ccnc(C(=O)NCc2ccc(F)cc2)c1. The predicted molar refractivity (Wildman–Crippen MR) is 101 cm³/mol. The summed E-state index contributed by atoms with van der Waals surface area (Å²) in [5.41, 5.74) is 1.47. The van der Waals surface area contributed by atoms with E-state index in [2.05, 4.69) is 17.2 Å². The van der Waals surface area contributed by atoms with Crippen molar-refractivity contribution in [2.45, 2.75) is 45.2 Å². The Hall–Kier alpha value is -2.76. The summed E-state index contributed by atoms with van der Waals surface area (Å²) in [7, 11) is 0. The number of piperidine rings is 1. The van der Waals surface area contributed by atoms with Crippen molar-refractivity contribution in [2.24, 2.45) is 0 Å². The smallest absolute Gasteiger partial charge is 0.270 e. The number of amides is 2. The van der Waals surface area contributed by atoms with Gasteiger partial charge in [-0.2, -0.15) is 0 Å². The first-order valence-corrected chi connectivity index (χ1v) is 9.38. The lowest BCUT2D eigenvalue weighted by molar-refractivity contribution is 0.0608. The van der Waals surface area contributed by atoms with E-state index in [1.807, 2.05) is 4.90 Å². The summed E-state index contributed by atoms with van der Waals surface area (Å²) >= 11 is 0. The van der Waals surface area contributed by atoms with E-state index in [9.17, 15) is 14.0 Å². The minimum absolute atomic E-state index is 0.0449. The fourth-order valence-corrected chi connectivity index (χ4v) is 3.42. The second-order valence-electron chi connectivity index (χ2n) is 6.80. The Morgan fingerprint density at radius 2 is 2.00 bits per heavy atom. The molecule has 1 aromatic heterocycles. The number of halogens is 1. The van der Waals surface area contributed by atoms with Gasteiger partial charge in [-0.05, 0) is 55.5 Å². The van der Waals surface area contributed by atoms with Crippen molar-refractivity contribution in [3.05, 3.63) is 65.2 Å². The molecule has 1 unspecified atom stereocenters. The van der Waals surface area contributed by atoms with Gasteiger partial charge in [-0.1, -0.05) is 19.1 Å². The average molecular weight is 369 g/mol. The van der Waals surface area contributed by atoms with Crippen molar-refractivity contribution in [3.63, 3.8) is 0 Å². The number of pyridine rings is 1. The molecule has 1 aliphatic heterocycles. The van der Waals surface area contributed by atoms with E-state index in [0.717, 1.165) is 37.8 Å². The van der Waals surface area contributed by atoms with E-state index >= 15 is 0 Å². The summed E-state index contributed by atoms with van der Waals surface area (Å²) in [6.45, 7) is 3.12. The van der Waals surface area contributed by atoms with E-state index in [-0.39, 0.29) is 35.9 Å². The molecule has 1 atom stereocenters. The second kappa shape index (κ2) is 8.75. The van der Waals surface area contributed by atoms with Crippen LogP contribution < -0.4 is 5.32 Å². The maximum absolute atomic E-state index is 12.9. The summed E-state index contributed by atoms with van der Waals surface area (Å²) in [5.74, 6) is -0.725. The molecule has 0 aliphatic carbocycles. The zero-order chi connectivity index (χ0) is 19.2. The van der Waals surface area contributed by atoms with E-state index in [1.165, 1.54) is 18.3 Å². The van der Waals surface area contributed by atoms with Crippen molar-refractivity contribution >= 4 is 11.8 Å². The largest absolute Gasteiger partial charge is 0.347 e. The highest BCUT2D eigenvalue weighted by molar-refractivity contribution is 5.98. The number of carbonyl (C=O) groups excluding carboxylic acids is 2. The molecule has 1 aromatic carbocycles. The molecule has 2 aromatic rings. The first-order chi connectivity index (χ1) is 13.1. The number of hydrogen-bond donors (Lipinski definition) is 1. The molecule has 3 rings (SSSR count). The van der Waals surface area contributed by atoms with E-state index in [0.29, 0.717) is 5.56 Å². The van der Waals surface area contributed by atoms with Gasteiger partial charge >= 0.3 is 0 Å². The lowest BCUT2D eigenvalue weighted by Crippen LogP contribution is -2.43. The number of rotatable bonds is 5. The highest BCUT2D eigenvalue weighted by atomic mass is 19.1. The Morgan fingerprint density at radius 1 is 1.22 bits per heavy atom. The normalized spacial score (nSPS) is 16.8. The Kier molecular flexibility index (Phi) is 6.16. The first-order valence-electron chi connectivity index (χ1n) is 9.38. The maximum Gasteiger partial charge on any atom is 0.270 e. The molecule has 1 N–H and O–H groups in total. The number of benzene rings is 1. The fraction of sp³-hybridized carbons (Fsp3) is 0.381. The van der Waals surface area contributed by atoms with Gasteiger partial charge in [0.05, 0.1) is 0 Å². The highest BCUT2D eigenvalue weighted by Crippen LogP contribution is 2.22. The minimum atomic E-state index is -0.361. The van der Waals surface area contributed by atoms with E-state index in [1.54, 1.807) is 24.3 Å². The zero-order valence-electron chi connectivity index (χ0n) is 15.5. The van der Waals surface area contributed by atoms with Gasteiger partial charge in [0.25, 0.3) is 11.8 Å². The van der Waals surface area contributed by atoms with Gasteiger partial charge in [0.15, 0.2) is 0 Å². The Balaban J connectivity index is 1.67. The molecule has 1 aliphatic rings. The predicted octanol–water partition coefficient (Wildman–Crippen LogP) is 3.56. The molecule has 2 amide bonds. The molecule has 2 heterocycles. The van der Waals surface area contributed by atoms with Crippen LogP contribution in [0.4, 0.5) is 4.39 Å². The van der Waals surface area contributed by atoms with Crippen molar-refractivity contribution < 1.29 is 14.0 Å². The highest BCUT2D eigenvalue weighted by Gasteiger charge is 2.26. The van der Waals surface area contributed by atoms with Gasteiger partial charge in [0, 0.05) is 30.9 Å². The lowest BCUT2D eigenvalue weighted by Gasteiger charge is -2.35. The molecule has 5 nitrogen and oxygen atoms in total. The molecule has 142 valence electrons. The molecule has 1 saturated heterocycles. The Bertz CT molecular complexity index is 807.